The molecule has 3 rings (SSSR count). The first kappa shape index (κ1) is 22.1. The van der Waals surface area contributed by atoms with Crippen LogP contribution in [0.3, 0.4) is 0 Å². The number of benzene rings is 2. The maximum absolute atomic E-state index is 4.85. The molecule has 0 saturated carbocycles. The van der Waals surface area contributed by atoms with Crippen molar-refractivity contribution in [2.45, 2.75) is 13.8 Å². The van der Waals surface area contributed by atoms with Crippen molar-refractivity contribution in [3.05, 3.63) is 107 Å². The Labute approximate surface area is 184 Å². The van der Waals surface area contributed by atoms with E-state index in [0.717, 1.165) is 42.6 Å². The fraction of sp³-hybridized carbons (Fsp3) is 0.0800. The first-order valence-corrected chi connectivity index (χ1v) is 10.7. The zero-order valence-electron chi connectivity index (χ0n) is 16.1. The van der Waals surface area contributed by atoms with Gasteiger partial charge in [0.05, 0.1) is 11.4 Å². The molecular weight excluding hydrogens is 474 g/mol. The molecule has 1 heterocycles. The van der Waals surface area contributed by atoms with Gasteiger partial charge in [-0.1, -0.05) is 107 Å². The van der Waals surface area contributed by atoms with Crippen LogP contribution in [0.15, 0.2) is 101 Å². The van der Waals surface area contributed by atoms with E-state index in [4.69, 9.17) is 4.98 Å². The largest absolute Gasteiger partial charge is 0.248 e. The highest BCUT2D eigenvalue weighted by molar-refractivity contribution is 9.11. The Morgan fingerprint density at radius 1 is 0.821 bits per heavy atom. The quantitative estimate of drug-likeness (QED) is 0.321. The Balaban J connectivity index is 0.00000136. The summed E-state index contributed by atoms with van der Waals surface area (Å²) in [5, 5.41) is 0. The van der Waals surface area contributed by atoms with Gasteiger partial charge in [-0.25, -0.2) is 4.98 Å². The Hall–Kier alpha value is -2.23. The Bertz CT molecular complexity index is 968. The van der Waals surface area contributed by atoms with Gasteiger partial charge in [-0.15, -0.1) is 0 Å². The maximum atomic E-state index is 4.85. The van der Waals surface area contributed by atoms with Crippen LogP contribution < -0.4 is 0 Å². The highest BCUT2D eigenvalue weighted by atomic mass is 79.9. The van der Waals surface area contributed by atoms with Crippen molar-refractivity contribution in [2.75, 3.05) is 0 Å². The highest BCUT2D eigenvalue weighted by Gasteiger charge is 2.10. The van der Waals surface area contributed by atoms with Gasteiger partial charge in [0, 0.05) is 14.5 Å². The molecule has 142 valence electrons. The van der Waals surface area contributed by atoms with Gasteiger partial charge in [0.1, 0.15) is 0 Å². The van der Waals surface area contributed by atoms with Gasteiger partial charge in [-0.3, -0.25) is 0 Å². The lowest BCUT2D eigenvalue weighted by Crippen LogP contribution is -1.93. The Morgan fingerprint density at radius 3 is 2.00 bits per heavy atom. The van der Waals surface area contributed by atoms with Crippen LogP contribution in [0.2, 0.25) is 0 Å². The highest BCUT2D eigenvalue weighted by Crippen LogP contribution is 2.32. The maximum Gasteiger partial charge on any atom is 0.0715 e. The average Bonchev–Trinajstić information content (AvgIpc) is 2.73. The number of hydrogen-bond acceptors (Lipinski definition) is 1. The second-order valence-electron chi connectivity index (χ2n) is 5.71. The summed E-state index contributed by atoms with van der Waals surface area (Å²) in [6, 6.07) is 20.6. The van der Waals surface area contributed by atoms with Crippen molar-refractivity contribution in [2.24, 2.45) is 0 Å². The minimum atomic E-state index is 0.868. The molecule has 0 atom stereocenters. The monoisotopic (exact) mass is 495 g/mol. The zero-order valence-corrected chi connectivity index (χ0v) is 19.3. The number of hydrogen-bond donors (Lipinski definition) is 0. The fourth-order valence-electron chi connectivity index (χ4n) is 2.71. The van der Waals surface area contributed by atoms with E-state index < -0.39 is 0 Å². The van der Waals surface area contributed by atoms with Gasteiger partial charge >= 0.3 is 0 Å². The van der Waals surface area contributed by atoms with Crippen molar-refractivity contribution in [1.29, 1.82) is 0 Å². The first-order chi connectivity index (χ1) is 13.6. The fourth-order valence-corrected chi connectivity index (χ4v) is 4.00. The van der Waals surface area contributed by atoms with Crippen molar-refractivity contribution in [3.63, 3.8) is 0 Å². The number of rotatable bonds is 5. The van der Waals surface area contributed by atoms with Gasteiger partial charge in [0.25, 0.3) is 0 Å². The lowest BCUT2D eigenvalue weighted by atomic mass is 10.00. The standard InChI is InChI=1S/C23H17Br2N.C2H6/c1-3-8-16(4-2)22-13-19(18-11-20(24)15-21(25)12-18)14-23(26-22)17-9-6-5-7-10-17;1-2/h3-15H,1-2H2;1-2H3/b16-8+;. The van der Waals surface area contributed by atoms with E-state index in [1.165, 1.54) is 0 Å². The molecule has 0 saturated heterocycles. The van der Waals surface area contributed by atoms with Crippen molar-refractivity contribution >= 4 is 37.4 Å². The molecule has 0 N–H and O–H groups in total. The van der Waals surface area contributed by atoms with Crippen LogP contribution in [-0.2, 0) is 0 Å². The van der Waals surface area contributed by atoms with Crippen molar-refractivity contribution in [3.8, 4) is 22.4 Å². The molecule has 0 amide bonds. The Kier molecular flexibility index (Phi) is 8.62. The van der Waals surface area contributed by atoms with Crippen LogP contribution in [0.25, 0.3) is 28.0 Å². The molecule has 0 unspecified atom stereocenters. The molecule has 1 nitrogen and oxygen atoms in total. The minimum absolute atomic E-state index is 0.868. The zero-order chi connectivity index (χ0) is 20.5. The predicted molar refractivity (Wildman–Crippen MR) is 130 cm³/mol. The lowest BCUT2D eigenvalue weighted by Gasteiger charge is -2.11. The van der Waals surface area contributed by atoms with E-state index in [-0.39, 0.29) is 0 Å². The molecule has 0 bridgehead atoms. The third-order valence-corrected chi connectivity index (χ3v) is 4.82. The number of aromatic nitrogens is 1. The SMILES string of the molecule is C=C/C=C(\C=C)c1cc(-c2cc(Br)cc(Br)c2)cc(-c2ccccc2)n1.CC. The summed E-state index contributed by atoms with van der Waals surface area (Å²) in [6.07, 6.45) is 5.48. The molecular formula is C25H23Br2N. The molecule has 2 aromatic carbocycles. The van der Waals surface area contributed by atoms with E-state index in [1.807, 2.05) is 44.2 Å². The molecule has 1 aromatic heterocycles. The second kappa shape index (κ2) is 10.9. The van der Waals surface area contributed by atoms with Crippen LogP contribution in [0, 0.1) is 0 Å². The van der Waals surface area contributed by atoms with Crippen molar-refractivity contribution in [1.82, 2.24) is 4.98 Å². The van der Waals surface area contributed by atoms with E-state index >= 15 is 0 Å². The normalized spacial score (nSPS) is 10.6. The Morgan fingerprint density at radius 2 is 1.43 bits per heavy atom. The van der Waals surface area contributed by atoms with Gasteiger partial charge in [0.2, 0.25) is 0 Å². The molecule has 0 fully saturated rings. The third-order valence-electron chi connectivity index (χ3n) is 3.90. The van der Waals surface area contributed by atoms with Crippen LogP contribution in [0.5, 0.6) is 0 Å². The van der Waals surface area contributed by atoms with E-state index in [9.17, 15) is 0 Å². The van der Waals surface area contributed by atoms with E-state index in [2.05, 4.69) is 81.4 Å². The summed E-state index contributed by atoms with van der Waals surface area (Å²) in [6.45, 7) is 11.7. The summed E-state index contributed by atoms with van der Waals surface area (Å²) in [4.78, 5) is 4.85. The third kappa shape index (κ3) is 5.63. The summed E-state index contributed by atoms with van der Waals surface area (Å²) < 4.78 is 2.04. The molecule has 0 aliphatic heterocycles. The molecule has 0 spiro atoms. The number of nitrogens with zero attached hydrogens (tertiary/aromatic N) is 1. The summed E-state index contributed by atoms with van der Waals surface area (Å²) in [5.74, 6) is 0. The van der Waals surface area contributed by atoms with Crippen LogP contribution in [0.1, 0.15) is 19.5 Å². The van der Waals surface area contributed by atoms with Gasteiger partial charge in [0.15, 0.2) is 0 Å². The van der Waals surface area contributed by atoms with Crippen LogP contribution >= 0.6 is 31.9 Å². The van der Waals surface area contributed by atoms with E-state index in [0.29, 0.717) is 0 Å². The molecule has 0 radical (unpaired) electrons. The number of halogens is 2. The summed E-state index contributed by atoms with van der Waals surface area (Å²) in [5.41, 5.74) is 6.00. The molecule has 0 aliphatic carbocycles. The summed E-state index contributed by atoms with van der Waals surface area (Å²) in [7, 11) is 0. The van der Waals surface area contributed by atoms with Crippen LogP contribution in [0.4, 0.5) is 0 Å². The molecule has 3 aromatic rings. The number of allylic oxidation sites excluding steroid dienone is 4. The molecule has 28 heavy (non-hydrogen) atoms. The summed E-state index contributed by atoms with van der Waals surface area (Å²) >= 11 is 7.15. The van der Waals surface area contributed by atoms with Gasteiger partial charge in [-0.2, -0.15) is 0 Å². The van der Waals surface area contributed by atoms with Crippen LogP contribution in [-0.4, -0.2) is 4.98 Å². The van der Waals surface area contributed by atoms with Gasteiger partial charge in [-0.05, 0) is 47.0 Å². The average molecular weight is 497 g/mol. The topological polar surface area (TPSA) is 12.9 Å². The minimum Gasteiger partial charge on any atom is -0.248 e. The first-order valence-electron chi connectivity index (χ1n) is 9.10. The smallest absolute Gasteiger partial charge is 0.0715 e. The lowest BCUT2D eigenvalue weighted by molar-refractivity contribution is 1.28. The molecule has 3 heteroatoms. The number of pyridine rings is 1. The van der Waals surface area contributed by atoms with E-state index in [1.54, 1.807) is 12.2 Å². The van der Waals surface area contributed by atoms with Gasteiger partial charge < -0.3 is 0 Å². The van der Waals surface area contributed by atoms with Crippen molar-refractivity contribution < 1.29 is 0 Å². The second-order valence-corrected chi connectivity index (χ2v) is 7.54. The predicted octanol–water partition coefficient (Wildman–Crippen LogP) is 8.72. The molecule has 0 aliphatic rings.